The van der Waals surface area contributed by atoms with Crippen LogP contribution in [0.3, 0.4) is 0 Å². The minimum absolute atomic E-state index is 0. The van der Waals surface area contributed by atoms with Gasteiger partial charge in [-0.15, -0.1) is 0 Å². The molecule has 1 unspecified atom stereocenters. The summed E-state index contributed by atoms with van der Waals surface area (Å²) < 4.78 is 23.4. The summed E-state index contributed by atoms with van der Waals surface area (Å²) in [5, 5.41) is 2.41. The predicted octanol–water partition coefficient (Wildman–Crippen LogP) is 2.70. The van der Waals surface area contributed by atoms with Crippen LogP contribution < -0.4 is 10.1 Å². The van der Waals surface area contributed by atoms with Gasteiger partial charge in [-0.1, -0.05) is 24.3 Å². The van der Waals surface area contributed by atoms with Crippen molar-refractivity contribution in [2.75, 3.05) is 7.11 Å². The second-order valence-electron chi connectivity index (χ2n) is 6.26. The Morgan fingerprint density at radius 2 is 1.76 bits per heavy atom. The molecule has 1 amide bonds. The molecule has 2 aromatic carbocycles. The van der Waals surface area contributed by atoms with E-state index >= 15 is 0 Å². The van der Waals surface area contributed by atoms with E-state index in [1.807, 2.05) is 0 Å². The first-order valence-electron chi connectivity index (χ1n) is 8.70. The van der Waals surface area contributed by atoms with E-state index in [-0.39, 0.29) is 44.5 Å². The van der Waals surface area contributed by atoms with Crippen LogP contribution in [0.15, 0.2) is 48.5 Å². The molecule has 0 aromatic heterocycles. The Bertz CT molecular complexity index is 841. The molecule has 0 radical (unpaired) electrons. The fourth-order valence-corrected chi connectivity index (χ4v) is 2.61. The lowest BCUT2D eigenvalue weighted by Crippen LogP contribution is -2.42. The first-order valence-corrected chi connectivity index (χ1v) is 8.70. The number of halogens is 1. The lowest BCUT2D eigenvalue weighted by atomic mass is 10.0. The number of esters is 1. The summed E-state index contributed by atoms with van der Waals surface area (Å²) in [6.45, 7) is 1.50. The quantitative estimate of drug-likeness (QED) is 0.630. The molecule has 0 spiro atoms. The van der Waals surface area contributed by atoms with Crippen LogP contribution in [0, 0.1) is 5.82 Å². The topological polar surface area (TPSA) is 81.7 Å². The number of benzene rings is 2. The van der Waals surface area contributed by atoms with E-state index in [0.29, 0.717) is 11.3 Å². The van der Waals surface area contributed by atoms with Crippen LogP contribution in [0.4, 0.5) is 4.39 Å². The van der Waals surface area contributed by atoms with Crippen LogP contribution >= 0.6 is 13.5 Å². The van der Waals surface area contributed by atoms with Gasteiger partial charge < -0.3 is 14.8 Å². The second-order valence-corrected chi connectivity index (χ2v) is 6.26. The number of nitrogens with one attached hydrogen (secondary N) is 1. The molecule has 156 valence electrons. The van der Waals surface area contributed by atoms with Gasteiger partial charge in [-0.3, -0.25) is 9.59 Å². The zero-order valence-corrected chi connectivity index (χ0v) is 17.2. The molecule has 0 bridgehead atoms. The van der Waals surface area contributed by atoms with E-state index < -0.39 is 17.9 Å². The number of ketones is 1. The molecule has 0 saturated carbocycles. The molecule has 1 N–H and O–H groups in total. The lowest BCUT2D eigenvalue weighted by molar-refractivity contribution is -0.146. The smallest absolute Gasteiger partial charge is 0.328 e. The third kappa shape index (κ3) is 8.35. The second kappa shape index (κ2) is 11.9. The van der Waals surface area contributed by atoms with Crippen molar-refractivity contribution in [3.8, 4) is 5.75 Å². The molecule has 2 aromatic rings. The van der Waals surface area contributed by atoms with Crippen LogP contribution in [0.2, 0.25) is 0 Å². The average molecular weight is 421 g/mol. The van der Waals surface area contributed by atoms with Crippen molar-refractivity contribution in [1.82, 2.24) is 5.32 Å². The van der Waals surface area contributed by atoms with Crippen molar-refractivity contribution in [3.63, 3.8) is 0 Å². The summed E-state index contributed by atoms with van der Waals surface area (Å²) in [6, 6.07) is 12.1. The van der Waals surface area contributed by atoms with Crippen molar-refractivity contribution in [2.24, 2.45) is 0 Å². The molecule has 1 atom stereocenters. The van der Waals surface area contributed by atoms with Gasteiger partial charge in [-0.25, -0.2) is 9.18 Å². The first-order chi connectivity index (χ1) is 13.4. The summed E-state index contributed by atoms with van der Waals surface area (Å²) in [5.74, 6) is -1.02. The van der Waals surface area contributed by atoms with Crippen LogP contribution in [-0.4, -0.2) is 30.8 Å². The lowest BCUT2D eigenvalue weighted by Gasteiger charge is -2.14. The third-order valence-corrected chi connectivity index (χ3v) is 3.91. The van der Waals surface area contributed by atoms with Gasteiger partial charge in [0.2, 0.25) is 5.91 Å². The van der Waals surface area contributed by atoms with Crippen molar-refractivity contribution >= 4 is 31.2 Å². The van der Waals surface area contributed by atoms with E-state index in [9.17, 15) is 18.8 Å². The Morgan fingerprint density at radius 1 is 1.07 bits per heavy atom. The molecule has 8 heteroatoms. The number of rotatable bonds is 9. The van der Waals surface area contributed by atoms with Crippen LogP contribution in [-0.2, 0) is 32.1 Å². The molecular formula is C21H24FNO5S. The third-order valence-electron chi connectivity index (χ3n) is 3.91. The van der Waals surface area contributed by atoms with Crippen molar-refractivity contribution in [2.45, 2.75) is 32.4 Å². The summed E-state index contributed by atoms with van der Waals surface area (Å²) in [7, 11) is 1.20. The number of hydrogen-bond donors (Lipinski definition) is 1. The largest absolute Gasteiger partial charge is 0.489 e. The van der Waals surface area contributed by atoms with Gasteiger partial charge in [0, 0.05) is 19.8 Å². The van der Waals surface area contributed by atoms with Crippen LogP contribution in [0.5, 0.6) is 5.75 Å². The number of methoxy groups -OCH3 is 1. The highest BCUT2D eigenvalue weighted by atomic mass is 32.1. The van der Waals surface area contributed by atoms with E-state index in [1.165, 1.54) is 26.2 Å². The number of amides is 1. The summed E-state index contributed by atoms with van der Waals surface area (Å²) in [5.41, 5.74) is 1.46. The number of carbonyl (C=O) groups is 3. The van der Waals surface area contributed by atoms with Crippen LogP contribution in [0.25, 0.3) is 0 Å². The Morgan fingerprint density at radius 3 is 2.34 bits per heavy atom. The zero-order valence-electron chi connectivity index (χ0n) is 16.2. The van der Waals surface area contributed by atoms with Gasteiger partial charge in [-0.2, -0.15) is 13.5 Å². The maximum atomic E-state index is 13.2. The molecule has 0 fully saturated rings. The fourth-order valence-electron chi connectivity index (χ4n) is 2.61. The number of hydrogen-bond acceptors (Lipinski definition) is 5. The molecule has 0 heterocycles. The Labute approximate surface area is 175 Å². The molecule has 2 rings (SSSR count). The standard InChI is InChI=1S/C21H22FNO5.H2S/c1-14(24)23-20(21(26)27-2)12-18(25)11-15-6-8-19(9-7-15)28-13-16-4-3-5-17(22)10-16;/h3-10,20H,11-13H2,1-2H3,(H,23,24);1H2. The van der Waals surface area contributed by atoms with Gasteiger partial charge in [0.05, 0.1) is 7.11 Å². The zero-order chi connectivity index (χ0) is 20.5. The highest BCUT2D eigenvalue weighted by Gasteiger charge is 2.23. The van der Waals surface area contributed by atoms with E-state index in [4.69, 9.17) is 4.74 Å². The minimum Gasteiger partial charge on any atom is -0.489 e. The molecule has 0 saturated heterocycles. The van der Waals surface area contributed by atoms with Gasteiger partial charge in [-0.05, 0) is 35.4 Å². The van der Waals surface area contributed by atoms with E-state index in [0.717, 1.165) is 5.56 Å². The van der Waals surface area contributed by atoms with Crippen molar-refractivity contribution in [3.05, 3.63) is 65.5 Å². The maximum Gasteiger partial charge on any atom is 0.328 e. The molecule has 0 aliphatic rings. The Kier molecular flexibility index (Phi) is 9.88. The van der Waals surface area contributed by atoms with Gasteiger partial charge >= 0.3 is 5.97 Å². The van der Waals surface area contributed by atoms with E-state index in [2.05, 4.69) is 10.1 Å². The molecule has 0 aliphatic heterocycles. The van der Waals surface area contributed by atoms with E-state index in [1.54, 1.807) is 36.4 Å². The Hall–Kier alpha value is -2.87. The monoisotopic (exact) mass is 421 g/mol. The molecule has 0 aliphatic carbocycles. The fraction of sp³-hybridized carbons (Fsp3) is 0.286. The SMILES string of the molecule is COC(=O)C(CC(=O)Cc1ccc(OCc2cccc(F)c2)cc1)NC(C)=O.S. The van der Waals surface area contributed by atoms with Gasteiger partial charge in [0.1, 0.15) is 30.0 Å². The molecular weight excluding hydrogens is 397 g/mol. The average Bonchev–Trinajstić information content (AvgIpc) is 2.66. The highest BCUT2D eigenvalue weighted by molar-refractivity contribution is 7.59. The maximum absolute atomic E-state index is 13.2. The summed E-state index contributed by atoms with van der Waals surface area (Å²) in [6.07, 6.45) is -0.0403. The number of Topliss-reactive ketones (excluding diaryl/α,β-unsaturated/α-hetero) is 1. The summed E-state index contributed by atoms with van der Waals surface area (Å²) >= 11 is 0. The van der Waals surface area contributed by atoms with Gasteiger partial charge in [0.15, 0.2) is 0 Å². The Balaban J connectivity index is 0.00000420. The predicted molar refractivity (Wildman–Crippen MR) is 111 cm³/mol. The minimum atomic E-state index is -0.996. The number of ether oxygens (including phenoxy) is 2. The van der Waals surface area contributed by atoms with Crippen molar-refractivity contribution < 1.29 is 28.2 Å². The highest BCUT2D eigenvalue weighted by Crippen LogP contribution is 2.16. The first kappa shape index (κ1) is 24.2. The number of carbonyl (C=O) groups excluding carboxylic acids is 3. The molecule has 29 heavy (non-hydrogen) atoms. The normalized spacial score (nSPS) is 11.0. The summed E-state index contributed by atoms with van der Waals surface area (Å²) in [4.78, 5) is 35.1. The van der Waals surface area contributed by atoms with Gasteiger partial charge in [0.25, 0.3) is 0 Å². The molecule has 6 nitrogen and oxygen atoms in total. The van der Waals surface area contributed by atoms with Crippen LogP contribution in [0.1, 0.15) is 24.5 Å². The van der Waals surface area contributed by atoms with Crippen molar-refractivity contribution in [1.29, 1.82) is 0 Å².